The highest BCUT2D eigenvalue weighted by Crippen LogP contribution is 2.61. The minimum absolute atomic E-state index is 0.0854. The molecule has 6 heteroatoms. The normalized spacial score (nSPS) is 32.1. The molecule has 82 valence electrons. The molecule has 1 saturated carbocycles. The lowest BCUT2D eigenvalue weighted by molar-refractivity contribution is -0.131. The van der Waals surface area contributed by atoms with Crippen LogP contribution in [0.1, 0.15) is 13.8 Å². The zero-order chi connectivity index (χ0) is 11.1. The van der Waals surface area contributed by atoms with E-state index in [0.717, 1.165) is 0 Å². The number of ether oxygens (including phenoxy) is 1. The van der Waals surface area contributed by atoms with Gasteiger partial charge < -0.3 is 4.74 Å². The first kappa shape index (κ1) is 13.1. The lowest BCUT2D eigenvalue weighted by Gasteiger charge is -2.19. The molecule has 14 heavy (non-hydrogen) atoms. The third-order valence-corrected chi connectivity index (χ3v) is 6.00. The highest BCUT2D eigenvalue weighted by molar-refractivity contribution is 9.13. The van der Waals surface area contributed by atoms with Gasteiger partial charge in [-0.1, -0.05) is 53.0 Å². The Morgan fingerprint density at radius 2 is 2.07 bits per heavy atom. The molecule has 2 nitrogen and oxygen atoms in total. The molecule has 0 saturated heterocycles. The Balaban J connectivity index is 2.68. The molecule has 3 unspecified atom stereocenters. The van der Waals surface area contributed by atoms with E-state index in [0.29, 0.717) is 6.47 Å². The van der Waals surface area contributed by atoms with E-state index in [2.05, 4.69) is 31.9 Å². The van der Waals surface area contributed by atoms with Crippen LogP contribution in [0.5, 0.6) is 0 Å². The van der Waals surface area contributed by atoms with Gasteiger partial charge in [-0.2, -0.15) is 0 Å². The standard InChI is InChI=1S/C8H10Br2Cl2O2/c1-7(2)4(6(7)14-3-13)5(9)8(10,11)12/h3-6H,1-2H3. The summed E-state index contributed by atoms with van der Waals surface area (Å²) < 4.78 is 3.90. The predicted molar refractivity (Wildman–Crippen MR) is 64.3 cm³/mol. The van der Waals surface area contributed by atoms with Crippen LogP contribution < -0.4 is 0 Å². The molecule has 0 N–H and O–H groups in total. The van der Waals surface area contributed by atoms with E-state index in [4.69, 9.17) is 27.9 Å². The zero-order valence-corrected chi connectivity index (χ0v) is 12.3. The molecule has 0 aromatic rings. The van der Waals surface area contributed by atoms with Gasteiger partial charge in [-0.05, 0) is 15.9 Å². The quantitative estimate of drug-likeness (QED) is 0.561. The fourth-order valence-corrected chi connectivity index (χ4v) is 3.20. The summed E-state index contributed by atoms with van der Waals surface area (Å²) in [6.45, 7) is 4.48. The molecule has 0 heterocycles. The highest BCUT2D eigenvalue weighted by Gasteiger charge is 2.65. The fraction of sp³-hybridized carbons (Fsp3) is 0.875. The van der Waals surface area contributed by atoms with Gasteiger partial charge >= 0.3 is 0 Å². The van der Waals surface area contributed by atoms with Crippen LogP contribution in [0.3, 0.4) is 0 Å². The summed E-state index contributed by atoms with van der Waals surface area (Å²) in [4.78, 5) is 10.1. The minimum atomic E-state index is -1.05. The van der Waals surface area contributed by atoms with Crippen molar-refractivity contribution in [1.29, 1.82) is 0 Å². The maximum absolute atomic E-state index is 10.2. The van der Waals surface area contributed by atoms with Crippen molar-refractivity contribution < 1.29 is 9.53 Å². The van der Waals surface area contributed by atoms with Crippen LogP contribution in [0.4, 0.5) is 0 Å². The van der Waals surface area contributed by atoms with Gasteiger partial charge in [0, 0.05) is 11.3 Å². The molecule has 0 amide bonds. The largest absolute Gasteiger partial charge is 0.464 e. The average Bonchev–Trinajstić information content (AvgIpc) is 2.51. The topological polar surface area (TPSA) is 26.3 Å². The number of rotatable bonds is 4. The first-order chi connectivity index (χ1) is 6.23. The molecule has 0 radical (unpaired) electrons. The summed E-state index contributed by atoms with van der Waals surface area (Å²) >= 11 is 18.4. The number of hydrogen-bond donors (Lipinski definition) is 0. The van der Waals surface area contributed by atoms with Crippen molar-refractivity contribution in [2.24, 2.45) is 11.3 Å². The second-order valence-corrected chi connectivity index (χ2v) is 8.48. The second kappa shape index (κ2) is 4.11. The maximum atomic E-state index is 10.2. The van der Waals surface area contributed by atoms with Gasteiger partial charge in [0.15, 0.2) is 3.24 Å². The van der Waals surface area contributed by atoms with E-state index >= 15 is 0 Å². The molecule has 0 spiro atoms. The van der Waals surface area contributed by atoms with Crippen LogP contribution >= 0.6 is 55.1 Å². The van der Waals surface area contributed by atoms with Gasteiger partial charge in [-0.3, -0.25) is 4.79 Å². The van der Waals surface area contributed by atoms with Crippen LogP contribution in [-0.2, 0) is 9.53 Å². The van der Waals surface area contributed by atoms with E-state index in [-0.39, 0.29) is 22.3 Å². The third-order valence-electron chi connectivity index (χ3n) is 2.64. The Labute approximate surface area is 110 Å². The molecule has 0 aliphatic heterocycles. The molecule has 1 rings (SSSR count). The van der Waals surface area contributed by atoms with Gasteiger partial charge in [0.25, 0.3) is 6.47 Å². The van der Waals surface area contributed by atoms with Crippen molar-refractivity contribution in [2.75, 3.05) is 0 Å². The van der Waals surface area contributed by atoms with Crippen molar-refractivity contribution in [3.8, 4) is 0 Å². The van der Waals surface area contributed by atoms with Gasteiger partial charge in [0.2, 0.25) is 0 Å². The summed E-state index contributed by atoms with van der Waals surface area (Å²) in [7, 11) is 0. The highest BCUT2D eigenvalue weighted by atomic mass is 79.9. The monoisotopic (exact) mass is 366 g/mol. The van der Waals surface area contributed by atoms with Gasteiger partial charge in [0.05, 0.1) is 4.83 Å². The molecule has 0 bridgehead atoms. The Hall–Kier alpha value is 1.01. The molecule has 0 aromatic carbocycles. The van der Waals surface area contributed by atoms with E-state index in [1.165, 1.54) is 0 Å². The number of hydrogen-bond acceptors (Lipinski definition) is 2. The van der Waals surface area contributed by atoms with Crippen molar-refractivity contribution in [3.05, 3.63) is 0 Å². The molecular weight excluding hydrogens is 359 g/mol. The Morgan fingerprint density at radius 1 is 1.57 bits per heavy atom. The van der Waals surface area contributed by atoms with E-state index in [9.17, 15) is 4.79 Å². The average molecular weight is 369 g/mol. The summed E-state index contributed by atoms with van der Waals surface area (Å²) in [6, 6.07) is 0. The smallest absolute Gasteiger partial charge is 0.293 e. The Kier molecular flexibility index (Phi) is 3.84. The Bertz CT molecular complexity index is 240. The number of halogens is 4. The number of alkyl halides is 4. The van der Waals surface area contributed by atoms with Crippen LogP contribution in [0.15, 0.2) is 0 Å². The van der Waals surface area contributed by atoms with E-state index < -0.39 is 3.24 Å². The molecule has 1 aliphatic carbocycles. The van der Waals surface area contributed by atoms with Crippen LogP contribution in [-0.4, -0.2) is 20.6 Å². The first-order valence-electron chi connectivity index (χ1n) is 4.02. The molecule has 1 aliphatic rings. The third kappa shape index (κ3) is 2.39. The van der Waals surface area contributed by atoms with Crippen LogP contribution in [0.25, 0.3) is 0 Å². The molecule has 1 fully saturated rings. The van der Waals surface area contributed by atoms with Crippen molar-refractivity contribution >= 4 is 61.5 Å². The first-order valence-corrected chi connectivity index (χ1v) is 6.49. The summed E-state index contributed by atoms with van der Waals surface area (Å²) in [5, 5.41) is 0. The summed E-state index contributed by atoms with van der Waals surface area (Å²) in [6.07, 6.45) is -0.126. The van der Waals surface area contributed by atoms with Gasteiger partial charge in [-0.15, -0.1) is 0 Å². The van der Waals surface area contributed by atoms with Crippen molar-refractivity contribution in [3.63, 3.8) is 0 Å². The van der Waals surface area contributed by atoms with Crippen LogP contribution in [0.2, 0.25) is 0 Å². The Morgan fingerprint density at radius 3 is 2.43 bits per heavy atom. The van der Waals surface area contributed by atoms with E-state index in [1.54, 1.807) is 0 Å². The van der Waals surface area contributed by atoms with E-state index in [1.807, 2.05) is 13.8 Å². The SMILES string of the molecule is CC1(C)C(OC=O)C1C(Br)C(Cl)(Cl)Br. The maximum Gasteiger partial charge on any atom is 0.293 e. The van der Waals surface area contributed by atoms with Crippen molar-refractivity contribution in [1.82, 2.24) is 0 Å². The van der Waals surface area contributed by atoms with Gasteiger partial charge in [0.1, 0.15) is 6.10 Å². The molecule has 0 aromatic heterocycles. The minimum Gasteiger partial charge on any atom is -0.464 e. The van der Waals surface area contributed by atoms with Gasteiger partial charge in [-0.25, -0.2) is 0 Å². The second-order valence-electron chi connectivity index (χ2n) is 3.94. The number of carbonyl (C=O) groups excluding carboxylic acids is 1. The molecular formula is C8H10Br2Cl2O2. The lowest BCUT2D eigenvalue weighted by atomic mass is 10.1. The molecule has 3 atom stereocenters. The summed E-state index contributed by atoms with van der Waals surface area (Å²) in [5.41, 5.74) is -0.0854. The van der Waals surface area contributed by atoms with Crippen LogP contribution in [0, 0.1) is 11.3 Å². The summed E-state index contributed by atoms with van der Waals surface area (Å²) in [5.74, 6) is 0.113. The fourth-order valence-electron chi connectivity index (χ4n) is 1.68. The predicted octanol–water partition coefficient (Wildman–Crippen LogP) is 3.47. The zero-order valence-electron chi connectivity index (χ0n) is 7.64. The lowest BCUT2D eigenvalue weighted by Crippen LogP contribution is -2.23. The number of carbonyl (C=O) groups is 1. The van der Waals surface area contributed by atoms with Crippen molar-refractivity contribution in [2.45, 2.75) is 28.0 Å².